The van der Waals surface area contributed by atoms with E-state index in [0.29, 0.717) is 12.8 Å². The molecule has 1 aromatic rings. The largest absolute Gasteiger partial charge is 0.342 e. The third kappa shape index (κ3) is 2.75. The number of halogens is 2. The average molecular weight is 313 g/mol. The van der Waals surface area contributed by atoms with Crippen LogP contribution in [0.2, 0.25) is 5.02 Å². The first-order chi connectivity index (χ1) is 9.95. The lowest BCUT2D eigenvalue weighted by Gasteiger charge is -2.34. The van der Waals surface area contributed by atoms with Crippen LogP contribution < -0.4 is 10.2 Å². The molecule has 2 amide bonds. The van der Waals surface area contributed by atoms with Crippen LogP contribution >= 0.6 is 11.6 Å². The maximum atomic E-state index is 14.1. The Morgan fingerprint density at radius 2 is 2.00 bits per heavy atom. The zero-order chi connectivity index (χ0) is 15.6. The summed E-state index contributed by atoms with van der Waals surface area (Å²) in [6.45, 7) is 3.77. The molecule has 1 N–H and O–H groups in total. The van der Waals surface area contributed by atoms with E-state index >= 15 is 0 Å². The van der Waals surface area contributed by atoms with E-state index in [9.17, 15) is 14.0 Å². The fourth-order valence-electron chi connectivity index (χ4n) is 2.65. The van der Waals surface area contributed by atoms with Gasteiger partial charge in [0, 0.05) is 13.0 Å². The second-order valence-corrected chi connectivity index (χ2v) is 5.52. The number of nitrogens with zero attached hydrogens (tertiary/aromatic N) is 1. The van der Waals surface area contributed by atoms with Gasteiger partial charge in [-0.25, -0.2) is 4.39 Å². The molecule has 1 aliphatic rings. The highest BCUT2D eigenvalue weighted by Gasteiger charge is 2.43. The van der Waals surface area contributed by atoms with Gasteiger partial charge in [-0.05, 0) is 25.0 Å². The minimum atomic E-state index is -1.00. The molecule has 2 rings (SSSR count). The standard InChI is InChI=1S/C15H18ClFN2O2/c1-3-15(4-2)14(21)19(9-8-12(20)18-15)13-10(16)6-5-7-11(13)17/h5-7H,3-4,8-9H2,1-2H3,(H,18,20). The topological polar surface area (TPSA) is 49.4 Å². The third-order valence-corrected chi connectivity index (χ3v) is 4.32. The van der Waals surface area contributed by atoms with Crippen molar-refractivity contribution in [2.75, 3.05) is 11.4 Å². The van der Waals surface area contributed by atoms with E-state index in [4.69, 9.17) is 11.6 Å². The van der Waals surface area contributed by atoms with Crippen molar-refractivity contribution in [3.8, 4) is 0 Å². The molecule has 4 nitrogen and oxygen atoms in total. The number of anilines is 1. The Morgan fingerprint density at radius 3 is 2.57 bits per heavy atom. The molecule has 1 aliphatic heterocycles. The summed E-state index contributed by atoms with van der Waals surface area (Å²) in [7, 11) is 0. The van der Waals surface area contributed by atoms with Crippen molar-refractivity contribution in [1.29, 1.82) is 0 Å². The molecule has 1 aromatic carbocycles. The van der Waals surface area contributed by atoms with Gasteiger partial charge in [-0.1, -0.05) is 31.5 Å². The maximum Gasteiger partial charge on any atom is 0.252 e. The number of rotatable bonds is 3. The van der Waals surface area contributed by atoms with Crippen LogP contribution in [0.4, 0.5) is 10.1 Å². The number of amides is 2. The quantitative estimate of drug-likeness (QED) is 0.933. The second-order valence-electron chi connectivity index (χ2n) is 5.11. The smallest absolute Gasteiger partial charge is 0.252 e. The van der Waals surface area contributed by atoms with Crippen molar-refractivity contribution in [3.63, 3.8) is 0 Å². The molecule has 0 atom stereocenters. The van der Waals surface area contributed by atoms with Gasteiger partial charge in [0.25, 0.3) is 5.91 Å². The van der Waals surface area contributed by atoms with E-state index < -0.39 is 11.4 Å². The summed E-state index contributed by atoms with van der Waals surface area (Å²) in [5.74, 6) is -1.08. The lowest BCUT2D eigenvalue weighted by Crippen LogP contribution is -2.56. The molecule has 0 saturated carbocycles. The van der Waals surface area contributed by atoms with Crippen molar-refractivity contribution in [2.45, 2.75) is 38.6 Å². The molecule has 1 saturated heterocycles. The van der Waals surface area contributed by atoms with Crippen molar-refractivity contribution in [2.24, 2.45) is 0 Å². The first-order valence-corrected chi connectivity index (χ1v) is 7.40. The van der Waals surface area contributed by atoms with Crippen molar-refractivity contribution in [3.05, 3.63) is 29.0 Å². The Bertz CT molecular complexity index is 553. The zero-order valence-corrected chi connectivity index (χ0v) is 12.8. The van der Waals surface area contributed by atoms with Crippen LogP contribution in [0.15, 0.2) is 18.2 Å². The normalized spacial score (nSPS) is 18.4. The molecule has 0 unspecified atom stereocenters. The van der Waals surface area contributed by atoms with Crippen LogP contribution in [0.1, 0.15) is 33.1 Å². The van der Waals surface area contributed by atoms with Crippen molar-refractivity contribution in [1.82, 2.24) is 5.32 Å². The minimum absolute atomic E-state index is 0.0481. The fourth-order valence-corrected chi connectivity index (χ4v) is 2.91. The van der Waals surface area contributed by atoms with Crippen molar-refractivity contribution < 1.29 is 14.0 Å². The van der Waals surface area contributed by atoms with Gasteiger partial charge in [0.15, 0.2) is 0 Å². The first-order valence-electron chi connectivity index (χ1n) is 7.02. The Balaban J connectivity index is 2.52. The molecular formula is C15H18ClFN2O2. The second kappa shape index (κ2) is 6.02. The number of carbonyl (C=O) groups is 2. The highest BCUT2D eigenvalue weighted by atomic mass is 35.5. The summed E-state index contributed by atoms with van der Waals surface area (Å²) in [5, 5.41) is 2.95. The lowest BCUT2D eigenvalue weighted by atomic mass is 9.91. The average Bonchev–Trinajstić information content (AvgIpc) is 2.58. The van der Waals surface area contributed by atoms with Gasteiger partial charge in [0.2, 0.25) is 5.91 Å². The first kappa shape index (κ1) is 15.8. The molecule has 0 bridgehead atoms. The van der Waals surface area contributed by atoms with Gasteiger partial charge in [-0.3, -0.25) is 9.59 Å². The number of para-hydroxylation sites is 1. The van der Waals surface area contributed by atoms with Gasteiger partial charge >= 0.3 is 0 Å². The summed E-state index contributed by atoms with van der Waals surface area (Å²) >= 11 is 6.06. The van der Waals surface area contributed by atoms with Crippen LogP contribution in [0.5, 0.6) is 0 Å². The summed E-state index contributed by atoms with van der Waals surface area (Å²) in [6.07, 6.45) is 1.01. The minimum Gasteiger partial charge on any atom is -0.342 e. The predicted octanol–water partition coefficient (Wildman–Crippen LogP) is 2.89. The molecule has 21 heavy (non-hydrogen) atoms. The molecule has 0 radical (unpaired) electrons. The SMILES string of the molecule is CCC1(CC)NC(=O)CCN(c2c(F)cccc2Cl)C1=O. The molecule has 1 heterocycles. The van der Waals surface area contributed by atoms with Gasteiger partial charge in [-0.15, -0.1) is 0 Å². The van der Waals surface area contributed by atoms with Crippen LogP contribution in [0.3, 0.4) is 0 Å². The van der Waals surface area contributed by atoms with Crippen LogP contribution in [0.25, 0.3) is 0 Å². The molecule has 0 spiro atoms. The van der Waals surface area contributed by atoms with E-state index in [1.54, 1.807) is 0 Å². The van der Waals surface area contributed by atoms with Gasteiger partial charge in [0.1, 0.15) is 11.4 Å². The summed E-state index contributed by atoms with van der Waals surface area (Å²) in [4.78, 5) is 26.1. The number of carbonyl (C=O) groups excluding carboxylic acids is 2. The number of nitrogens with one attached hydrogen (secondary N) is 1. The van der Waals surface area contributed by atoms with E-state index in [2.05, 4.69) is 5.32 Å². The van der Waals surface area contributed by atoms with Crippen LogP contribution in [0, 0.1) is 5.82 Å². The summed E-state index contributed by atoms with van der Waals surface area (Å²) in [6, 6.07) is 4.28. The highest BCUT2D eigenvalue weighted by Crippen LogP contribution is 2.33. The van der Waals surface area contributed by atoms with E-state index in [-0.39, 0.29) is 35.5 Å². The van der Waals surface area contributed by atoms with E-state index in [0.717, 1.165) is 0 Å². The van der Waals surface area contributed by atoms with Crippen LogP contribution in [-0.4, -0.2) is 23.9 Å². The van der Waals surface area contributed by atoms with Crippen LogP contribution in [-0.2, 0) is 9.59 Å². The number of hydrogen-bond acceptors (Lipinski definition) is 2. The fraction of sp³-hybridized carbons (Fsp3) is 0.467. The van der Waals surface area contributed by atoms with E-state index in [1.165, 1.54) is 23.1 Å². The summed E-state index contributed by atoms with van der Waals surface area (Å²) in [5.41, 5.74) is -0.953. The molecular weight excluding hydrogens is 295 g/mol. The number of benzene rings is 1. The van der Waals surface area contributed by atoms with Gasteiger partial charge in [-0.2, -0.15) is 0 Å². The lowest BCUT2D eigenvalue weighted by molar-refractivity contribution is -0.130. The zero-order valence-electron chi connectivity index (χ0n) is 12.1. The maximum absolute atomic E-state index is 14.1. The Labute approximate surface area is 128 Å². The predicted molar refractivity (Wildman–Crippen MR) is 79.8 cm³/mol. The van der Waals surface area contributed by atoms with Gasteiger partial charge in [0.05, 0.1) is 10.7 Å². The number of hydrogen-bond donors (Lipinski definition) is 1. The Hall–Kier alpha value is -1.62. The highest BCUT2D eigenvalue weighted by molar-refractivity contribution is 6.34. The molecule has 1 fully saturated rings. The van der Waals surface area contributed by atoms with Crippen molar-refractivity contribution >= 4 is 29.1 Å². The molecule has 6 heteroatoms. The van der Waals surface area contributed by atoms with E-state index in [1.807, 2.05) is 13.8 Å². The molecule has 0 aromatic heterocycles. The summed E-state index contributed by atoms with van der Waals surface area (Å²) < 4.78 is 14.1. The van der Waals surface area contributed by atoms with Gasteiger partial charge < -0.3 is 10.2 Å². The Kier molecular flexibility index (Phi) is 4.52. The molecule has 114 valence electrons. The Morgan fingerprint density at radius 1 is 1.33 bits per heavy atom. The third-order valence-electron chi connectivity index (χ3n) is 4.01. The monoisotopic (exact) mass is 312 g/mol. The molecule has 0 aliphatic carbocycles.